The number of nitrogens with two attached hydrogens (primary N) is 1. The Morgan fingerprint density at radius 1 is 1.19 bits per heavy atom. The third-order valence-corrected chi connectivity index (χ3v) is 1.70. The van der Waals surface area contributed by atoms with Gasteiger partial charge in [-0.1, -0.05) is 27.0 Å². The first-order valence-corrected chi connectivity index (χ1v) is 5.03. The Labute approximate surface area is 95.9 Å². The van der Waals surface area contributed by atoms with Crippen molar-refractivity contribution in [2.75, 3.05) is 5.73 Å². The Balaban J connectivity index is 0.00000106. The Bertz CT molecular complexity index is 411. The van der Waals surface area contributed by atoms with E-state index in [4.69, 9.17) is 5.73 Å². The van der Waals surface area contributed by atoms with Crippen LogP contribution in [0.3, 0.4) is 0 Å². The number of hydrogen-bond donors (Lipinski definition) is 1. The van der Waals surface area contributed by atoms with Crippen LogP contribution in [0.4, 0.5) is 5.82 Å². The quantitative estimate of drug-likeness (QED) is 0.793. The van der Waals surface area contributed by atoms with Crippen LogP contribution in [0.5, 0.6) is 0 Å². The summed E-state index contributed by atoms with van der Waals surface area (Å²) in [7, 11) is 0. The number of aromatic nitrogens is 2. The lowest BCUT2D eigenvalue weighted by atomic mass is 10.2. The van der Waals surface area contributed by atoms with Crippen LogP contribution in [0.15, 0.2) is 13.2 Å². The summed E-state index contributed by atoms with van der Waals surface area (Å²) >= 11 is 0. The number of rotatable bonds is 3. The smallest absolute Gasteiger partial charge is 0.181 e. The van der Waals surface area contributed by atoms with E-state index in [9.17, 15) is 4.79 Å². The molecule has 1 rings (SSSR count). The lowest BCUT2D eigenvalue weighted by molar-refractivity contribution is 0.101. The van der Waals surface area contributed by atoms with E-state index in [-0.39, 0.29) is 17.3 Å². The number of nitrogen functional groups attached to an aromatic ring is 1. The highest BCUT2D eigenvalue weighted by atomic mass is 16.1. The molecular weight excluding hydrogens is 202 g/mol. The highest BCUT2D eigenvalue weighted by molar-refractivity contribution is 5.96. The fraction of sp³-hybridized carbons (Fsp3) is 0.250. The molecule has 0 aliphatic carbocycles. The van der Waals surface area contributed by atoms with Crippen LogP contribution >= 0.6 is 0 Å². The van der Waals surface area contributed by atoms with E-state index in [1.165, 1.54) is 19.1 Å². The maximum atomic E-state index is 11.1. The van der Waals surface area contributed by atoms with E-state index in [2.05, 4.69) is 23.1 Å². The summed E-state index contributed by atoms with van der Waals surface area (Å²) in [6.45, 7) is 12.5. The molecule has 0 fully saturated rings. The molecule has 0 aliphatic rings. The Kier molecular flexibility index (Phi) is 5.70. The highest BCUT2D eigenvalue weighted by Crippen LogP contribution is 2.13. The molecule has 1 heterocycles. The second-order valence-corrected chi connectivity index (χ2v) is 2.69. The summed E-state index contributed by atoms with van der Waals surface area (Å²) in [5.41, 5.74) is 6.76. The van der Waals surface area contributed by atoms with Gasteiger partial charge >= 0.3 is 0 Å². The standard InChI is InChI=1S/C10H11N3O.C2H6/c1-4-7-8(5-2)13-10(11)9(12-7)6(3)14;1-2/h4-5H,1-2H2,3H3,(H2,11,13);1-2H3. The monoisotopic (exact) mass is 219 g/mol. The van der Waals surface area contributed by atoms with Gasteiger partial charge in [0.15, 0.2) is 11.6 Å². The Morgan fingerprint density at radius 3 is 2.00 bits per heavy atom. The van der Waals surface area contributed by atoms with Crippen molar-refractivity contribution in [3.8, 4) is 0 Å². The lowest BCUT2D eigenvalue weighted by Gasteiger charge is -2.04. The van der Waals surface area contributed by atoms with Gasteiger partial charge in [-0.15, -0.1) is 0 Å². The van der Waals surface area contributed by atoms with Crippen LogP contribution < -0.4 is 5.73 Å². The third kappa shape index (κ3) is 3.02. The van der Waals surface area contributed by atoms with Crippen molar-refractivity contribution in [3.63, 3.8) is 0 Å². The van der Waals surface area contributed by atoms with Gasteiger partial charge < -0.3 is 5.73 Å². The Morgan fingerprint density at radius 2 is 1.62 bits per heavy atom. The molecule has 4 heteroatoms. The highest BCUT2D eigenvalue weighted by Gasteiger charge is 2.11. The zero-order chi connectivity index (χ0) is 12.7. The van der Waals surface area contributed by atoms with Crippen molar-refractivity contribution >= 4 is 23.8 Å². The molecule has 0 aliphatic heterocycles. The number of carbonyl (C=O) groups is 1. The number of nitrogens with zero attached hydrogens (tertiary/aromatic N) is 2. The van der Waals surface area contributed by atoms with Crippen molar-refractivity contribution in [3.05, 3.63) is 30.2 Å². The van der Waals surface area contributed by atoms with E-state index < -0.39 is 0 Å². The first kappa shape index (κ1) is 14.0. The average Bonchev–Trinajstić information content (AvgIpc) is 2.30. The maximum Gasteiger partial charge on any atom is 0.181 e. The van der Waals surface area contributed by atoms with E-state index in [0.717, 1.165) is 0 Å². The van der Waals surface area contributed by atoms with Gasteiger partial charge in [0.25, 0.3) is 0 Å². The molecule has 0 radical (unpaired) electrons. The van der Waals surface area contributed by atoms with Crippen molar-refractivity contribution in [1.82, 2.24) is 9.97 Å². The average molecular weight is 219 g/mol. The minimum absolute atomic E-state index is 0.123. The molecule has 4 nitrogen and oxygen atoms in total. The van der Waals surface area contributed by atoms with E-state index in [1.807, 2.05) is 13.8 Å². The van der Waals surface area contributed by atoms with Crippen LogP contribution in [0.2, 0.25) is 0 Å². The van der Waals surface area contributed by atoms with Crippen LogP contribution in [-0.2, 0) is 0 Å². The van der Waals surface area contributed by atoms with Crippen LogP contribution in [0, 0.1) is 0 Å². The molecule has 0 unspecified atom stereocenters. The predicted octanol–water partition coefficient (Wildman–Crippen LogP) is 2.57. The first-order valence-electron chi connectivity index (χ1n) is 5.03. The third-order valence-electron chi connectivity index (χ3n) is 1.70. The summed E-state index contributed by atoms with van der Waals surface area (Å²) in [5, 5.41) is 0. The zero-order valence-corrected chi connectivity index (χ0v) is 9.95. The summed E-state index contributed by atoms with van der Waals surface area (Å²) in [6, 6.07) is 0. The zero-order valence-electron chi connectivity index (χ0n) is 9.95. The second-order valence-electron chi connectivity index (χ2n) is 2.69. The summed E-state index contributed by atoms with van der Waals surface area (Å²) < 4.78 is 0. The van der Waals surface area contributed by atoms with Gasteiger partial charge in [-0.05, 0) is 12.2 Å². The second kappa shape index (κ2) is 6.50. The minimum atomic E-state index is -0.214. The molecule has 2 N–H and O–H groups in total. The molecule has 0 saturated carbocycles. The molecule has 0 atom stereocenters. The molecule has 16 heavy (non-hydrogen) atoms. The number of Topliss-reactive ketones (excluding diaryl/α,β-unsaturated/α-hetero) is 1. The van der Waals surface area contributed by atoms with E-state index in [1.54, 1.807) is 0 Å². The normalized spacial score (nSPS) is 8.69. The molecule has 1 aromatic heterocycles. The number of ketones is 1. The fourth-order valence-electron chi connectivity index (χ4n) is 1.03. The number of carbonyl (C=O) groups excluding carboxylic acids is 1. The predicted molar refractivity (Wildman–Crippen MR) is 68.0 cm³/mol. The summed E-state index contributed by atoms with van der Waals surface area (Å²) in [5.74, 6) is -0.0910. The largest absolute Gasteiger partial charge is 0.382 e. The van der Waals surface area contributed by atoms with Gasteiger partial charge in [0, 0.05) is 6.92 Å². The van der Waals surface area contributed by atoms with Crippen molar-refractivity contribution in [2.45, 2.75) is 20.8 Å². The van der Waals surface area contributed by atoms with E-state index >= 15 is 0 Å². The van der Waals surface area contributed by atoms with E-state index in [0.29, 0.717) is 11.4 Å². The molecule has 0 saturated heterocycles. The van der Waals surface area contributed by atoms with Crippen LogP contribution in [-0.4, -0.2) is 15.8 Å². The SMILES string of the molecule is C=Cc1nc(N)c(C(C)=O)nc1C=C.CC. The van der Waals surface area contributed by atoms with Crippen molar-refractivity contribution < 1.29 is 4.79 Å². The molecule has 0 aromatic carbocycles. The molecule has 1 aromatic rings. The number of hydrogen-bond acceptors (Lipinski definition) is 4. The van der Waals surface area contributed by atoms with Gasteiger partial charge in [0.05, 0.1) is 11.4 Å². The molecular formula is C12H17N3O. The fourth-order valence-corrected chi connectivity index (χ4v) is 1.03. The molecule has 0 spiro atoms. The Hall–Kier alpha value is -1.97. The van der Waals surface area contributed by atoms with Gasteiger partial charge in [-0.2, -0.15) is 0 Å². The van der Waals surface area contributed by atoms with Crippen LogP contribution in [0.1, 0.15) is 42.6 Å². The molecule has 86 valence electrons. The molecule has 0 bridgehead atoms. The minimum Gasteiger partial charge on any atom is -0.382 e. The van der Waals surface area contributed by atoms with Gasteiger partial charge in [-0.3, -0.25) is 4.79 Å². The van der Waals surface area contributed by atoms with Gasteiger partial charge in [0.2, 0.25) is 0 Å². The maximum absolute atomic E-state index is 11.1. The van der Waals surface area contributed by atoms with Crippen molar-refractivity contribution in [2.24, 2.45) is 0 Å². The number of anilines is 1. The van der Waals surface area contributed by atoms with Gasteiger partial charge in [0.1, 0.15) is 5.69 Å². The topological polar surface area (TPSA) is 68.9 Å². The molecule has 0 amide bonds. The lowest BCUT2D eigenvalue weighted by Crippen LogP contribution is -2.08. The van der Waals surface area contributed by atoms with Crippen LogP contribution in [0.25, 0.3) is 12.2 Å². The van der Waals surface area contributed by atoms with Crippen molar-refractivity contribution in [1.29, 1.82) is 0 Å². The summed E-state index contributed by atoms with van der Waals surface area (Å²) in [4.78, 5) is 19.1. The first-order chi connectivity index (χ1) is 7.60. The summed E-state index contributed by atoms with van der Waals surface area (Å²) in [6.07, 6.45) is 3.03. The van der Waals surface area contributed by atoms with Gasteiger partial charge in [-0.25, -0.2) is 9.97 Å².